The van der Waals surface area contributed by atoms with E-state index in [4.69, 9.17) is 50.1 Å². The maximum absolute atomic E-state index is 9.05. The van der Waals surface area contributed by atoms with Crippen LogP contribution in [0.25, 0.3) is 0 Å². The van der Waals surface area contributed by atoms with Crippen LogP contribution in [0.15, 0.2) is 0 Å². The zero-order chi connectivity index (χ0) is 13.9. The molecule has 1 atom stereocenters. The van der Waals surface area contributed by atoms with E-state index < -0.39 is 6.10 Å². The molecule has 3 nitrogen and oxygen atoms in total. The number of benzene rings is 1. The summed E-state index contributed by atoms with van der Waals surface area (Å²) in [5, 5.41) is 18.3. The molecule has 1 unspecified atom stereocenters. The molecule has 0 fully saturated rings. The Hall–Kier alpha value is -0.970. The lowest BCUT2D eigenvalue weighted by atomic mass is 10.0. The van der Waals surface area contributed by atoms with E-state index in [9.17, 15) is 0 Å². The molecule has 0 aliphatic carbocycles. The Morgan fingerprint density at radius 2 is 1.56 bits per heavy atom. The Bertz CT molecular complexity index is 558. The van der Waals surface area contributed by atoms with Crippen LogP contribution in [0, 0.1) is 22.7 Å². The average molecular weight is 304 g/mol. The monoisotopic (exact) mass is 302 g/mol. The molecule has 1 aromatic carbocycles. The number of rotatable bonds is 3. The molecule has 0 amide bonds. The first kappa shape index (κ1) is 15.1. The molecule has 0 heterocycles. The maximum Gasteiger partial charge on any atom is 0.102 e. The second kappa shape index (κ2) is 6.27. The van der Waals surface area contributed by atoms with Gasteiger partial charge >= 0.3 is 0 Å². The highest BCUT2D eigenvalue weighted by molar-refractivity contribution is 6.45. The average Bonchev–Trinajstić information content (AvgIpc) is 2.34. The molecule has 0 aromatic heterocycles. The summed E-state index contributed by atoms with van der Waals surface area (Å²) in [6.07, 6.45) is -0.410. The minimum absolute atomic E-state index is 0.0124. The molecule has 6 heteroatoms. The number of hydrogen-bond donors (Lipinski definition) is 0. The summed E-state index contributed by atoms with van der Waals surface area (Å²) in [6.45, 7) is 4.04. The van der Waals surface area contributed by atoms with Gasteiger partial charge in [0.1, 0.15) is 12.1 Å². The van der Waals surface area contributed by atoms with Crippen LogP contribution in [-0.2, 0) is 4.74 Å². The van der Waals surface area contributed by atoms with E-state index in [0.29, 0.717) is 12.2 Å². The van der Waals surface area contributed by atoms with Crippen molar-refractivity contribution in [1.82, 2.24) is 0 Å². The molecular formula is C12H9Cl3N2O. The summed E-state index contributed by atoms with van der Waals surface area (Å²) >= 11 is 18.2. The predicted molar refractivity (Wildman–Crippen MR) is 70.9 cm³/mol. The standard InChI is InChI=1S/C12H9Cl3N2O/c1-3-18-6(2)9-10(13)7(4-16)8(5-17)11(14)12(9)15/h6H,3H2,1-2H3. The number of nitrogens with zero attached hydrogens (tertiary/aromatic N) is 2. The van der Waals surface area contributed by atoms with Crippen molar-refractivity contribution in [3.8, 4) is 12.1 Å². The van der Waals surface area contributed by atoms with Gasteiger partial charge in [-0.3, -0.25) is 0 Å². The van der Waals surface area contributed by atoms with Crippen LogP contribution < -0.4 is 0 Å². The van der Waals surface area contributed by atoms with E-state index >= 15 is 0 Å². The van der Waals surface area contributed by atoms with Crippen LogP contribution in [0.5, 0.6) is 0 Å². The third kappa shape index (κ3) is 2.55. The van der Waals surface area contributed by atoms with Crippen LogP contribution in [0.4, 0.5) is 0 Å². The first-order valence-corrected chi connectivity index (χ1v) is 6.25. The van der Waals surface area contributed by atoms with Gasteiger partial charge in [-0.1, -0.05) is 34.8 Å². The fourth-order valence-electron chi connectivity index (χ4n) is 1.58. The third-order valence-corrected chi connectivity index (χ3v) is 3.66. The third-order valence-electron chi connectivity index (χ3n) is 2.40. The molecule has 0 aliphatic heterocycles. The number of hydrogen-bond acceptors (Lipinski definition) is 3. The van der Waals surface area contributed by atoms with Crippen molar-refractivity contribution < 1.29 is 4.74 Å². The van der Waals surface area contributed by atoms with E-state index in [1.807, 2.05) is 19.1 Å². The van der Waals surface area contributed by atoms with Crippen LogP contribution >= 0.6 is 34.8 Å². The van der Waals surface area contributed by atoms with Crippen molar-refractivity contribution in [3.05, 3.63) is 31.8 Å². The summed E-state index contributed by atoms with van der Waals surface area (Å²) in [4.78, 5) is 0. The Morgan fingerprint density at radius 1 is 1.06 bits per heavy atom. The first-order chi connectivity index (χ1) is 8.49. The molecule has 0 spiro atoms. The minimum atomic E-state index is -0.410. The van der Waals surface area contributed by atoms with E-state index in [1.165, 1.54) is 0 Å². The van der Waals surface area contributed by atoms with Gasteiger partial charge in [0.05, 0.1) is 32.3 Å². The van der Waals surface area contributed by atoms with Crippen LogP contribution in [-0.4, -0.2) is 6.61 Å². The van der Waals surface area contributed by atoms with Crippen molar-refractivity contribution in [2.24, 2.45) is 0 Å². The lowest BCUT2D eigenvalue weighted by Crippen LogP contribution is -2.04. The Balaban J connectivity index is 3.62. The second-order valence-electron chi connectivity index (χ2n) is 3.43. The van der Waals surface area contributed by atoms with Crippen LogP contribution in [0.3, 0.4) is 0 Å². The number of halogens is 3. The summed E-state index contributed by atoms with van der Waals surface area (Å²) in [5.74, 6) is 0. The normalized spacial score (nSPS) is 11.7. The molecule has 0 saturated heterocycles. The summed E-state index contributed by atoms with van der Waals surface area (Å²) in [5.41, 5.74) is 0.442. The van der Waals surface area contributed by atoms with Gasteiger partial charge in [0.15, 0.2) is 0 Å². The highest BCUT2D eigenvalue weighted by Crippen LogP contribution is 2.41. The molecule has 94 valence electrons. The minimum Gasteiger partial charge on any atom is -0.374 e. The lowest BCUT2D eigenvalue weighted by Gasteiger charge is -2.18. The van der Waals surface area contributed by atoms with Crippen molar-refractivity contribution >= 4 is 34.8 Å². The van der Waals surface area contributed by atoms with Gasteiger partial charge in [-0.15, -0.1) is 0 Å². The molecule has 1 aromatic rings. The van der Waals surface area contributed by atoms with E-state index in [-0.39, 0.29) is 26.2 Å². The summed E-state index contributed by atoms with van der Waals surface area (Å²) in [6, 6.07) is 3.70. The van der Waals surface area contributed by atoms with E-state index in [1.54, 1.807) is 6.92 Å². The van der Waals surface area contributed by atoms with Crippen molar-refractivity contribution in [3.63, 3.8) is 0 Å². The van der Waals surface area contributed by atoms with Gasteiger partial charge in [0.2, 0.25) is 0 Å². The van der Waals surface area contributed by atoms with Gasteiger partial charge in [0, 0.05) is 12.2 Å². The maximum atomic E-state index is 9.05. The zero-order valence-corrected chi connectivity index (χ0v) is 12.0. The number of ether oxygens (including phenoxy) is 1. The van der Waals surface area contributed by atoms with E-state index in [0.717, 1.165) is 0 Å². The van der Waals surface area contributed by atoms with Gasteiger partial charge in [-0.05, 0) is 13.8 Å². The quantitative estimate of drug-likeness (QED) is 0.773. The summed E-state index contributed by atoms with van der Waals surface area (Å²) in [7, 11) is 0. The van der Waals surface area contributed by atoms with Crippen LogP contribution in [0.1, 0.15) is 36.6 Å². The largest absolute Gasteiger partial charge is 0.374 e. The SMILES string of the molecule is CCOC(C)c1c(Cl)c(Cl)c(C#N)c(C#N)c1Cl. The fourth-order valence-corrected chi connectivity index (χ4v) is 2.59. The van der Waals surface area contributed by atoms with Gasteiger partial charge in [-0.25, -0.2) is 0 Å². The molecule has 0 saturated carbocycles. The molecular weight excluding hydrogens is 295 g/mol. The lowest BCUT2D eigenvalue weighted by molar-refractivity contribution is 0.0765. The van der Waals surface area contributed by atoms with Crippen molar-refractivity contribution in [2.75, 3.05) is 6.61 Å². The van der Waals surface area contributed by atoms with E-state index in [2.05, 4.69) is 0 Å². The fraction of sp³-hybridized carbons (Fsp3) is 0.333. The van der Waals surface area contributed by atoms with Crippen molar-refractivity contribution in [1.29, 1.82) is 10.5 Å². The number of nitriles is 2. The molecule has 18 heavy (non-hydrogen) atoms. The highest BCUT2D eigenvalue weighted by atomic mass is 35.5. The van der Waals surface area contributed by atoms with Gasteiger partial charge < -0.3 is 4.74 Å². The molecule has 0 aliphatic rings. The molecule has 0 bridgehead atoms. The van der Waals surface area contributed by atoms with Gasteiger partial charge in [-0.2, -0.15) is 10.5 Å². The van der Waals surface area contributed by atoms with Gasteiger partial charge in [0.25, 0.3) is 0 Å². The predicted octanol–water partition coefficient (Wildman–Crippen LogP) is 4.49. The Labute approximate surface area is 120 Å². The Morgan fingerprint density at radius 3 is 2.00 bits per heavy atom. The Kier molecular flexibility index (Phi) is 5.26. The first-order valence-electron chi connectivity index (χ1n) is 5.11. The topological polar surface area (TPSA) is 56.8 Å². The summed E-state index contributed by atoms with van der Waals surface area (Å²) < 4.78 is 5.40. The highest BCUT2D eigenvalue weighted by Gasteiger charge is 2.24. The molecule has 0 N–H and O–H groups in total. The van der Waals surface area contributed by atoms with Crippen LogP contribution in [0.2, 0.25) is 15.1 Å². The smallest absolute Gasteiger partial charge is 0.102 e. The molecule has 1 rings (SSSR count). The zero-order valence-electron chi connectivity index (χ0n) is 9.72. The van der Waals surface area contributed by atoms with Crippen molar-refractivity contribution in [2.45, 2.75) is 20.0 Å². The molecule has 0 radical (unpaired) electrons. The second-order valence-corrected chi connectivity index (χ2v) is 4.56.